The van der Waals surface area contributed by atoms with Crippen LogP contribution in [0.25, 0.3) is 0 Å². The van der Waals surface area contributed by atoms with Crippen molar-refractivity contribution in [2.24, 2.45) is 5.92 Å². The Morgan fingerprint density at radius 3 is 0.948 bits per heavy atom. The normalized spacial score (nSPS) is 12.3. The number of carbonyl (C=O) groups is 9. The lowest BCUT2D eigenvalue weighted by Crippen LogP contribution is -2.29. The van der Waals surface area contributed by atoms with Gasteiger partial charge in [-0.05, 0) is 264 Å². The smallest absolute Gasteiger partial charge is 0.343 e. The summed E-state index contributed by atoms with van der Waals surface area (Å²) in [7, 11) is 0. The Balaban J connectivity index is 0.000000312. The van der Waals surface area contributed by atoms with Gasteiger partial charge in [0.2, 0.25) is 6.79 Å². The third-order valence-corrected chi connectivity index (χ3v) is 16.2. The molecule has 116 heavy (non-hydrogen) atoms. The second-order valence-electron chi connectivity index (χ2n) is 26.6. The van der Waals surface area contributed by atoms with E-state index >= 15 is 0 Å². The molecule has 6 aromatic rings. The first-order valence-corrected chi connectivity index (χ1v) is 37.9. The fourth-order valence-electron chi connectivity index (χ4n) is 9.75. The molecule has 1 fully saturated rings. The van der Waals surface area contributed by atoms with Crippen LogP contribution in [0.4, 0.5) is 0 Å². The number of hydrogen-bond donors (Lipinski definition) is 0. The molecule has 26 nitrogen and oxygen atoms in total. The predicted molar refractivity (Wildman–Crippen MR) is 431 cm³/mol. The van der Waals surface area contributed by atoms with Gasteiger partial charge in [0, 0.05) is 40.0 Å². The van der Waals surface area contributed by atoms with Gasteiger partial charge in [0.05, 0.1) is 56.2 Å². The zero-order valence-electron chi connectivity index (χ0n) is 67.3. The summed E-state index contributed by atoms with van der Waals surface area (Å²) in [5, 5.41) is 0. The van der Waals surface area contributed by atoms with Gasteiger partial charge in [0.15, 0.2) is 0 Å². The second-order valence-corrected chi connectivity index (χ2v) is 26.6. The lowest BCUT2D eigenvalue weighted by Gasteiger charge is -2.27. The SMILES string of the molecule is C=C(C)C(=O)OCCCCCOc1ccc(C(=O)Oc2ccc(OCCOC(=O)C(=C)C)cc2)cc1.C=C(C)C(=O)OCCCCOc1ccc(OC(=O)C2CCC(OCCCCOC(=O)C(=C)C)CC2)cc1.C=C(C)C(=O)OCCOc1ccc(OCOc2ccc(OC(=O)c3ccc(OCCOC(=O)C(=C)C)cc3)cc2C)cc1. The van der Waals surface area contributed by atoms with Gasteiger partial charge < -0.3 is 80.5 Å². The van der Waals surface area contributed by atoms with E-state index in [1.807, 2.05) is 6.92 Å². The van der Waals surface area contributed by atoms with Crippen LogP contribution < -0.4 is 47.4 Å². The van der Waals surface area contributed by atoms with Crippen molar-refractivity contribution in [3.05, 3.63) is 229 Å². The van der Waals surface area contributed by atoms with Gasteiger partial charge >= 0.3 is 53.7 Å². The van der Waals surface area contributed by atoms with Crippen LogP contribution in [0.3, 0.4) is 0 Å². The number of hydrogen-bond acceptors (Lipinski definition) is 26. The van der Waals surface area contributed by atoms with Crippen molar-refractivity contribution in [1.29, 1.82) is 0 Å². The fraction of sp³-hybridized carbons (Fsp3) is 0.367. The summed E-state index contributed by atoms with van der Waals surface area (Å²) >= 11 is 0. The lowest BCUT2D eigenvalue weighted by molar-refractivity contribution is -0.141. The third kappa shape index (κ3) is 38.4. The van der Waals surface area contributed by atoms with Crippen molar-refractivity contribution in [1.82, 2.24) is 0 Å². The Hall–Kier alpha value is -12.5. The van der Waals surface area contributed by atoms with Crippen molar-refractivity contribution < 1.29 is 124 Å². The highest BCUT2D eigenvalue weighted by atomic mass is 16.7. The molecule has 1 aliphatic rings. The molecule has 7 rings (SSSR count). The minimum absolute atomic E-state index is 0.0399. The molecule has 6 aromatic carbocycles. The molecule has 0 N–H and O–H groups in total. The number of ether oxygens (including phenoxy) is 17. The van der Waals surface area contributed by atoms with Crippen molar-refractivity contribution in [3.8, 4) is 57.5 Å². The first-order valence-electron chi connectivity index (χ1n) is 37.9. The van der Waals surface area contributed by atoms with Crippen molar-refractivity contribution in [2.45, 2.75) is 125 Å². The molecule has 26 heteroatoms. The van der Waals surface area contributed by atoms with Gasteiger partial charge in [-0.15, -0.1) is 0 Å². The van der Waals surface area contributed by atoms with E-state index in [-0.39, 0.29) is 82.3 Å². The van der Waals surface area contributed by atoms with Crippen LogP contribution in [0, 0.1) is 12.8 Å². The minimum Gasteiger partial charge on any atom is -0.494 e. The highest BCUT2D eigenvalue weighted by molar-refractivity contribution is 5.92. The molecule has 0 amide bonds. The van der Waals surface area contributed by atoms with Crippen LogP contribution in [0.1, 0.15) is 138 Å². The lowest BCUT2D eigenvalue weighted by atomic mass is 9.87. The quantitative estimate of drug-likeness (QED) is 0.00855. The average molecular weight is 1600 g/mol. The Kier molecular flexibility index (Phi) is 42.8. The Morgan fingerprint density at radius 1 is 0.293 bits per heavy atom. The molecule has 0 unspecified atom stereocenters. The second kappa shape index (κ2) is 52.8. The summed E-state index contributed by atoms with van der Waals surface area (Å²) in [6.45, 7) is 36.1. The maximum atomic E-state index is 12.6. The number of rotatable bonds is 47. The van der Waals surface area contributed by atoms with Crippen LogP contribution in [0.5, 0.6) is 57.5 Å². The van der Waals surface area contributed by atoms with Crippen molar-refractivity contribution in [3.63, 3.8) is 0 Å². The van der Waals surface area contributed by atoms with Crippen molar-refractivity contribution in [2.75, 3.05) is 86.1 Å². The Morgan fingerprint density at radius 2 is 0.578 bits per heavy atom. The number of benzene rings is 6. The Labute approximate surface area is 678 Å². The first-order chi connectivity index (χ1) is 55.6. The molecule has 1 aliphatic carbocycles. The average Bonchev–Trinajstić information content (AvgIpc) is 0.851. The van der Waals surface area contributed by atoms with Crippen LogP contribution in [0.2, 0.25) is 0 Å². The number of aryl methyl sites for hydroxylation is 1. The van der Waals surface area contributed by atoms with Crippen LogP contribution in [-0.2, 0) is 66.7 Å². The minimum atomic E-state index is -0.529. The molecule has 0 heterocycles. The summed E-state index contributed by atoms with van der Waals surface area (Å²) in [5.41, 5.74) is 3.66. The van der Waals surface area contributed by atoms with E-state index in [1.54, 1.807) is 181 Å². The molecule has 0 atom stereocenters. The number of carbonyl (C=O) groups excluding carboxylic acids is 9. The molecule has 0 radical (unpaired) electrons. The van der Waals surface area contributed by atoms with E-state index in [2.05, 4.69) is 39.5 Å². The van der Waals surface area contributed by atoms with Crippen LogP contribution in [-0.4, -0.2) is 146 Å². The largest absolute Gasteiger partial charge is 0.494 e. The van der Waals surface area contributed by atoms with Crippen molar-refractivity contribution >= 4 is 53.7 Å². The van der Waals surface area contributed by atoms with E-state index in [1.165, 1.54) is 0 Å². The summed E-state index contributed by atoms with van der Waals surface area (Å²) in [6, 6.07) is 38.6. The Bertz CT molecular complexity index is 4210. The fourth-order valence-corrected chi connectivity index (χ4v) is 9.75. The molecule has 1 saturated carbocycles. The molecule has 0 saturated heterocycles. The van der Waals surface area contributed by atoms with Gasteiger partial charge in [-0.1, -0.05) is 39.5 Å². The van der Waals surface area contributed by atoms with E-state index in [0.29, 0.717) is 148 Å². The molecule has 0 aliphatic heterocycles. The van der Waals surface area contributed by atoms with E-state index in [9.17, 15) is 43.2 Å². The maximum absolute atomic E-state index is 12.6. The summed E-state index contributed by atoms with van der Waals surface area (Å²) in [4.78, 5) is 106. The molecule has 622 valence electrons. The zero-order valence-corrected chi connectivity index (χ0v) is 67.3. The number of esters is 9. The topological polar surface area (TPSA) is 311 Å². The van der Waals surface area contributed by atoms with Gasteiger partial charge in [-0.25, -0.2) is 38.4 Å². The van der Waals surface area contributed by atoms with Gasteiger partial charge in [0.25, 0.3) is 0 Å². The highest BCUT2D eigenvalue weighted by Gasteiger charge is 2.28. The maximum Gasteiger partial charge on any atom is 0.343 e. The molecular weight excluding hydrogens is 1500 g/mol. The highest BCUT2D eigenvalue weighted by Crippen LogP contribution is 2.30. The third-order valence-electron chi connectivity index (χ3n) is 16.2. The van der Waals surface area contributed by atoms with Gasteiger partial charge in [0.1, 0.15) is 97.1 Å². The molecule has 0 bridgehead atoms. The predicted octanol–water partition coefficient (Wildman–Crippen LogP) is 16.0. The summed E-state index contributed by atoms with van der Waals surface area (Å²) < 4.78 is 91.7. The van der Waals surface area contributed by atoms with Crippen LogP contribution >= 0.6 is 0 Å². The monoisotopic (exact) mass is 1600 g/mol. The summed E-state index contributed by atoms with van der Waals surface area (Å²) in [6.07, 6.45) is 8.72. The zero-order chi connectivity index (χ0) is 84.6. The molecular formula is C90H106O26. The van der Waals surface area contributed by atoms with Crippen LogP contribution in [0.15, 0.2) is 212 Å². The number of unbranched alkanes of at least 4 members (excludes halogenated alkanes) is 4. The van der Waals surface area contributed by atoms with Gasteiger partial charge in [-0.3, -0.25) is 4.79 Å². The molecule has 0 aromatic heterocycles. The first kappa shape index (κ1) is 94.1. The van der Waals surface area contributed by atoms with Gasteiger partial charge in [-0.2, -0.15) is 0 Å². The van der Waals surface area contributed by atoms with E-state index < -0.39 is 29.8 Å². The van der Waals surface area contributed by atoms with E-state index in [4.69, 9.17) is 80.5 Å². The standard InChI is InChI=1S/C33H34O10.C29H40O8.C28H32O8/c1-22(2)31(34)39-18-16-37-26-8-6-25(7-9-26)33(36)43-29-14-15-30(24(5)20-29)42-21-41-28-12-10-27(11-13-28)38-17-19-40-32(35)23(3)4;1-21(2)27(30)35-19-7-5-17-33-24-11-9-23(10-12-24)29(32)37-26-15-13-25(14-16-26)34-18-6-8-20-36-28(31)22(3)4;1-20(2)26(29)34-17-7-5-6-16-32-23-10-8-22(9-11-23)28(31)36-25-14-12-24(13-15-25)33-18-19-35-27(30)21(3)4/h6-15,20H,1,3,16-19,21H2,2,4-5H3;13-16,23-24H,1,3,5-12,17-20H2,2,4H3;8-15H,1,3,5-7,16-19H2,2,4H3. The molecule has 0 spiro atoms. The summed E-state index contributed by atoms with van der Waals surface area (Å²) in [5.74, 6) is 1.52. The van der Waals surface area contributed by atoms with E-state index in [0.717, 1.165) is 69.8 Å².